The predicted octanol–water partition coefficient (Wildman–Crippen LogP) is 3.68. The smallest absolute Gasteiger partial charge is 0.147 e. The summed E-state index contributed by atoms with van der Waals surface area (Å²) in [7, 11) is -1.13. The largest absolute Gasteiger partial charge is 0.384 e. The molecule has 180 valence electrons. The molecule has 2 aromatic rings. The van der Waals surface area contributed by atoms with Crippen molar-refractivity contribution in [3.05, 3.63) is 29.7 Å². The number of nitrogen functional groups attached to an aromatic ring is 1. The van der Waals surface area contributed by atoms with Gasteiger partial charge in [0, 0.05) is 29.6 Å². The van der Waals surface area contributed by atoms with Gasteiger partial charge >= 0.3 is 0 Å². The van der Waals surface area contributed by atoms with Crippen LogP contribution >= 0.6 is 23.4 Å². The maximum Gasteiger partial charge on any atom is 0.147 e. The van der Waals surface area contributed by atoms with Crippen LogP contribution in [0.3, 0.4) is 0 Å². The zero-order chi connectivity index (χ0) is 23.8. The molecule has 4 heterocycles. The summed E-state index contributed by atoms with van der Waals surface area (Å²) in [5.41, 5.74) is 5.75. The number of piperidine rings is 1. The van der Waals surface area contributed by atoms with Crippen LogP contribution in [0.25, 0.3) is 0 Å². The Morgan fingerprint density at radius 2 is 1.97 bits per heavy atom. The minimum absolute atomic E-state index is 0.0158. The summed E-state index contributed by atoms with van der Waals surface area (Å²) >= 11 is 7.62. The number of hydrogen-bond acceptors (Lipinski definition) is 8. The first-order valence-corrected chi connectivity index (χ1v) is 13.4. The molecular formula is C22H31ClN6O2S2. The zero-order valence-electron chi connectivity index (χ0n) is 19.4. The van der Waals surface area contributed by atoms with Crippen LogP contribution in [0.1, 0.15) is 40.5 Å². The van der Waals surface area contributed by atoms with Crippen LogP contribution in [-0.2, 0) is 15.7 Å². The van der Waals surface area contributed by atoms with Crippen molar-refractivity contribution in [2.45, 2.75) is 67.4 Å². The van der Waals surface area contributed by atoms with E-state index in [2.05, 4.69) is 31.5 Å². The number of anilines is 2. The molecule has 0 unspecified atom stereocenters. The summed E-state index contributed by atoms with van der Waals surface area (Å²) in [6.07, 6.45) is 7.03. The number of aromatic nitrogens is 3. The Morgan fingerprint density at radius 1 is 1.24 bits per heavy atom. The van der Waals surface area contributed by atoms with Crippen LogP contribution in [0.4, 0.5) is 11.6 Å². The lowest BCUT2D eigenvalue weighted by Gasteiger charge is -2.43. The quantitative estimate of drug-likeness (QED) is 0.627. The van der Waals surface area contributed by atoms with Crippen LogP contribution in [0.2, 0.25) is 5.02 Å². The van der Waals surface area contributed by atoms with Gasteiger partial charge in [0.2, 0.25) is 0 Å². The first kappa shape index (κ1) is 24.7. The van der Waals surface area contributed by atoms with Gasteiger partial charge in [0.15, 0.2) is 0 Å². The molecule has 0 bridgehead atoms. The van der Waals surface area contributed by atoms with Crippen molar-refractivity contribution in [3.63, 3.8) is 0 Å². The van der Waals surface area contributed by atoms with Gasteiger partial charge in [0.25, 0.3) is 0 Å². The molecule has 3 N–H and O–H groups in total. The van der Waals surface area contributed by atoms with Gasteiger partial charge in [-0.2, -0.15) is 0 Å². The minimum atomic E-state index is -1.13. The summed E-state index contributed by atoms with van der Waals surface area (Å²) in [5, 5.41) is 1.27. The first-order chi connectivity index (χ1) is 15.6. The molecule has 2 aliphatic heterocycles. The van der Waals surface area contributed by atoms with E-state index in [1.165, 1.54) is 18.0 Å². The van der Waals surface area contributed by atoms with Gasteiger partial charge in [-0.3, -0.25) is 0 Å². The number of nitrogens with two attached hydrogens (primary N) is 1. The van der Waals surface area contributed by atoms with E-state index in [0.29, 0.717) is 17.4 Å². The van der Waals surface area contributed by atoms with Crippen LogP contribution in [0.15, 0.2) is 34.6 Å². The van der Waals surface area contributed by atoms with Crippen LogP contribution < -0.4 is 15.4 Å². The van der Waals surface area contributed by atoms with Crippen molar-refractivity contribution in [2.75, 3.05) is 30.3 Å². The predicted molar refractivity (Wildman–Crippen MR) is 134 cm³/mol. The van der Waals surface area contributed by atoms with E-state index < -0.39 is 11.0 Å². The van der Waals surface area contributed by atoms with E-state index in [-0.39, 0.29) is 22.3 Å². The summed E-state index contributed by atoms with van der Waals surface area (Å²) in [5.74, 6) is 1.27. The van der Waals surface area contributed by atoms with Gasteiger partial charge in [-0.1, -0.05) is 23.4 Å². The number of rotatable bonds is 5. The summed E-state index contributed by atoms with van der Waals surface area (Å²) in [6, 6.07) is 1.80. The van der Waals surface area contributed by atoms with Crippen molar-refractivity contribution in [3.8, 4) is 0 Å². The lowest BCUT2D eigenvalue weighted by Crippen LogP contribution is -2.55. The maximum atomic E-state index is 12.8. The molecule has 33 heavy (non-hydrogen) atoms. The molecule has 0 aliphatic carbocycles. The van der Waals surface area contributed by atoms with E-state index in [9.17, 15) is 4.21 Å². The Hall–Kier alpha value is -1.46. The number of halogens is 1. The Balaban J connectivity index is 1.40. The average molecular weight is 511 g/mol. The van der Waals surface area contributed by atoms with Gasteiger partial charge in [-0.05, 0) is 46.6 Å². The van der Waals surface area contributed by atoms with Crippen molar-refractivity contribution in [1.82, 2.24) is 19.7 Å². The third kappa shape index (κ3) is 5.45. The van der Waals surface area contributed by atoms with Crippen LogP contribution in [0.5, 0.6) is 0 Å². The van der Waals surface area contributed by atoms with E-state index >= 15 is 0 Å². The Morgan fingerprint density at radius 3 is 2.61 bits per heavy atom. The highest BCUT2D eigenvalue weighted by Crippen LogP contribution is 2.43. The molecule has 2 fully saturated rings. The molecule has 1 spiro atoms. The van der Waals surface area contributed by atoms with Crippen molar-refractivity contribution in [1.29, 1.82) is 0 Å². The number of nitrogens with one attached hydrogen (secondary N) is 1. The highest BCUT2D eigenvalue weighted by molar-refractivity contribution is 7.99. The van der Waals surface area contributed by atoms with E-state index in [0.717, 1.165) is 41.7 Å². The molecule has 4 rings (SSSR count). The fourth-order valence-corrected chi connectivity index (χ4v) is 6.29. The molecular weight excluding hydrogens is 480 g/mol. The van der Waals surface area contributed by atoms with E-state index in [4.69, 9.17) is 22.1 Å². The molecule has 0 saturated carbocycles. The molecule has 2 saturated heterocycles. The Bertz CT molecular complexity index is 1010. The average Bonchev–Trinajstić information content (AvgIpc) is 3.06. The fourth-order valence-electron chi connectivity index (χ4n) is 4.28. The monoisotopic (exact) mass is 510 g/mol. The molecule has 8 nitrogen and oxygen atoms in total. The van der Waals surface area contributed by atoms with E-state index in [1.54, 1.807) is 18.5 Å². The van der Waals surface area contributed by atoms with E-state index in [1.807, 2.05) is 20.8 Å². The highest BCUT2D eigenvalue weighted by Gasteiger charge is 2.50. The molecule has 3 atom stereocenters. The maximum absolute atomic E-state index is 12.8. The second kappa shape index (κ2) is 9.65. The number of pyridine rings is 1. The highest BCUT2D eigenvalue weighted by atomic mass is 35.5. The fraction of sp³-hybridized carbons (Fsp3) is 0.591. The molecule has 0 radical (unpaired) electrons. The summed E-state index contributed by atoms with van der Waals surface area (Å²) < 4.78 is 21.9. The number of hydrogen-bond donors (Lipinski definition) is 2. The molecule has 0 aromatic carbocycles. The second-order valence-corrected chi connectivity index (χ2v) is 13.2. The van der Waals surface area contributed by atoms with Crippen LogP contribution in [-0.4, -0.2) is 55.8 Å². The molecule has 2 aliphatic rings. The Labute approximate surface area is 207 Å². The first-order valence-electron chi connectivity index (χ1n) is 11.0. The van der Waals surface area contributed by atoms with Crippen molar-refractivity contribution >= 4 is 46.0 Å². The lowest BCUT2D eigenvalue weighted by molar-refractivity contribution is 0.0973. The van der Waals surface area contributed by atoms with Gasteiger partial charge in [0.1, 0.15) is 16.7 Å². The van der Waals surface area contributed by atoms with Gasteiger partial charge in [0.05, 0.1) is 51.9 Å². The zero-order valence-corrected chi connectivity index (χ0v) is 21.8. The molecule has 2 aromatic heterocycles. The topological polar surface area (TPSA) is 106 Å². The summed E-state index contributed by atoms with van der Waals surface area (Å²) in [6.45, 7) is 10.4. The normalized spacial score (nSPS) is 23.7. The van der Waals surface area contributed by atoms with Crippen LogP contribution in [0, 0.1) is 5.41 Å². The third-order valence-electron chi connectivity index (χ3n) is 6.31. The SMILES string of the molecule is C[C@@H]1OCC2(CCN(c3cnc(Sc4cc(N)ncc4Cl)cn3)CC2)[C@@H]1N[S@](=O)C(C)(C)C. The van der Waals surface area contributed by atoms with Crippen molar-refractivity contribution < 1.29 is 8.95 Å². The lowest BCUT2D eigenvalue weighted by atomic mass is 9.73. The van der Waals surface area contributed by atoms with Gasteiger partial charge < -0.3 is 15.4 Å². The third-order valence-corrected chi connectivity index (χ3v) is 9.28. The second-order valence-electron chi connectivity index (χ2n) is 9.70. The van der Waals surface area contributed by atoms with Gasteiger partial charge in [-0.25, -0.2) is 23.9 Å². The summed E-state index contributed by atoms with van der Waals surface area (Å²) in [4.78, 5) is 16.2. The Kier molecular flexibility index (Phi) is 7.21. The standard InChI is InChI=1S/C22H31ClN6O2S2/c1-14-20(28-33(30)21(2,3)4)22(13-31-14)5-7-29(8-6-22)18-11-27-19(12-26-18)32-16-9-17(24)25-10-15(16)23/h9-12,14,20,28H,5-8,13H2,1-4H3,(H2,24,25)/t14-,20+,33+/m0/s1. The van der Waals surface area contributed by atoms with Crippen molar-refractivity contribution in [2.24, 2.45) is 5.41 Å². The number of nitrogens with zero attached hydrogens (tertiary/aromatic N) is 4. The molecule has 11 heteroatoms. The minimum Gasteiger partial charge on any atom is -0.384 e. The number of ether oxygens (including phenoxy) is 1. The molecule has 0 amide bonds. The van der Waals surface area contributed by atoms with Gasteiger partial charge in [-0.15, -0.1) is 0 Å².